The van der Waals surface area contributed by atoms with Gasteiger partial charge >= 0.3 is 0 Å². The van der Waals surface area contributed by atoms with E-state index in [4.69, 9.17) is 4.74 Å². The summed E-state index contributed by atoms with van der Waals surface area (Å²) in [5.74, 6) is 0. The Kier molecular flexibility index (Phi) is 8.64. The number of rotatable bonds is 7. The Balaban J connectivity index is 2.80. The molecule has 0 saturated heterocycles. The molecule has 0 rings (SSSR count). The SMILES string of the molecule is CCCCCO[CH]CC(C)S. The summed E-state index contributed by atoms with van der Waals surface area (Å²) < 4.78 is 5.27. The van der Waals surface area contributed by atoms with Crippen molar-refractivity contribution in [3.63, 3.8) is 0 Å². The van der Waals surface area contributed by atoms with E-state index in [1.807, 2.05) is 6.61 Å². The van der Waals surface area contributed by atoms with E-state index < -0.39 is 0 Å². The van der Waals surface area contributed by atoms with Crippen LogP contribution in [0.25, 0.3) is 0 Å². The largest absolute Gasteiger partial charge is 0.375 e. The number of unbranched alkanes of at least 4 members (excludes halogenated alkanes) is 2. The Bertz CT molecular complexity index is 74.0. The number of hydrogen-bond acceptors (Lipinski definition) is 2. The molecule has 0 bridgehead atoms. The van der Waals surface area contributed by atoms with Crippen molar-refractivity contribution in [2.24, 2.45) is 0 Å². The highest BCUT2D eigenvalue weighted by Gasteiger charge is 1.94. The van der Waals surface area contributed by atoms with Gasteiger partial charge in [-0.25, -0.2) is 0 Å². The summed E-state index contributed by atoms with van der Waals surface area (Å²) in [5, 5.41) is 0.418. The van der Waals surface area contributed by atoms with Crippen molar-refractivity contribution in [1.82, 2.24) is 0 Å². The molecular formula is C9H19OS. The first-order chi connectivity index (χ1) is 5.27. The van der Waals surface area contributed by atoms with E-state index in [9.17, 15) is 0 Å². The molecule has 0 heterocycles. The zero-order chi connectivity index (χ0) is 8.53. The average molecular weight is 175 g/mol. The van der Waals surface area contributed by atoms with Gasteiger partial charge in [0.25, 0.3) is 0 Å². The van der Waals surface area contributed by atoms with E-state index in [-0.39, 0.29) is 0 Å². The summed E-state index contributed by atoms with van der Waals surface area (Å²) in [6.07, 6.45) is 4.64. The topological polar surface area (TPSA) is 9.23 Å². The Morgan fingerprint density at radius 1 is 1.45 bits per heavy atom. The van der Waals surface area contributed by atoms with Crippen LogP contribution in [0.15, 0.2) is 0 Å². The summed E-state index contributed by atoms with van der Waals surface area (Å²) in [4.78, 5) is 0. The number of hydrogen-bond donors (Lipinski definition) is 1. The Labute approximate surface area is 75.9 Å². The van der Waals surface area contributed by atoms with Gasteiger partial charge in [-0.1, -0.05) is 26.7 Å². The number of thiol groups is 1. The van der Waals surface area contributed by atoms with Crippen molar-refractivity contribution in [1.29, 1.82) is 0 Å². The van der Waals surface area contributed by atoms with Gasteiger partial charge in [0.2, 0.25) is 0 Å². The minimum Gasteiger partial charge on any atom is -0.375 e. The quantitative estimate of drug-likeness (QED) is 0.462. The van der Waals surface area contributed by atoms with Gasteiger partial charge < -0.3 is 4.74 Å². The second kappa shape index (κ2) is 8.41. The first kappa shape index (κ1) is 11.3. The molecule has 2 heteroatoms. The maximum Gasteiger partial charge on any atom is 0.0847 e. The lowest BCUT2D eigenvalue weighted by atomic mass is 10.3. The molecular weight excluding hydrogens is 156 g/mol. The van der Waals surface area contributed by atoms with Gasteiger partial charge in [-0.3, -0.25) is 0 Å². The van der Waals surface area contributed by atoms with Gasteiger partial charge in [-0.15, -0.1) is 0 Å². The fraction of sp³-hybridized carbons (Fsp3) is 0.889. The smallest absolute Gasteiger partial charge is 0.0847 e. The third-order valence-electron chi connectivity index (χ3n) is 1.42. The van der Waals surface area contributed by atoms with Gasteiger partial charge in [0, 0.05) is 11.9 Å². The molecule has 0 saturated carbocycles. The van der Waals surface area contributed by atoms with E-state index >= 15 is 0 Å². The van der Waals surface area contributed by atoms with Crippen molar-refractivity contribution in [3.8, 4) is 0 Å². The standard InChI is InChI=1S/C9H19OS/c1-3-4-5-7-10-8-6-9(2)11/h8-9,11H,3-7H2,1-2H3. The van der Waals surface area contributed by atoms with E-state index in [2.05, 4.69) is 26.5 Å². The fourth-order valence-electron chi connectivity index (χ4n) is 0.726. The molecule has 0 aliphatic heterocycles. The summed E-state index contributed by atoms with van der Waals surface area (Å²) >= 11 is 4.23. The molecule has 0 N–H and O–H groups in total. The second-order valence-corrected chi connectivity index (χ2v) is 3.71. The minimum absolute atomic E-state index is 0.418. The van der Waals surface area contributed by atoms with Crippen molar-refractivity contribution >= 4 is 12.6 Å². The van der Waals surface area contributed by atoms with Crippen molar-refractivity contribution in [2.75, 3.05) is 6.61 Å². The van der Waals surface area contributed by atoms with Crippen LogP contribution in [0, 0.1) is 6.61 Å². The predicted octanol–water partition coefficient (Wildman–Crippen LogP) is 3.06. The summed E-state index contributed by atoms with van der Waals surface area (Å²) in [7, 11) is 0. The molecule has 1 radical (unpaired) electrons. The zero-order valence-corrected chi connectivity index (χ0v) is 8.44. The molecule has 1 atom stereocenters. The second-order valence-electron chi connectivity index (χ2n) is 2.83. The highest BCUT2D eigenvalue weighted by Crippen LogP contribution is 2.03. The van der Waals surface area contributed by atoms with Crippen molar-refractivity contribution < 1.29 is 4.74 Å². The molecule has 0 aromatic rings. The highest BCUT2D eigenvalue weighted by atomic mass is 32.1. The molecule has 1 nitrogen and oxygen atoms in total. The molecule has 0 aromatic heterocycles. The van der Waals surface area contributed by atoms with Crippen LogP contribution in [-0.2, 0) is 4.74 Å². The van der Waals surface area contributed by atoms with Crippen LogP contribution in [0.4, 0.5) is 0 Å². The Hall–Kier alpha value is 0.310. The molecule has 11 heavy (non-hydrogen) atoms. The maximum absolute atomic E-state index is 5.27. The number of ether oxygens (including phenoxy) is 1. The van der Waals surface area contributed by atoms with E-state index in [1.54, 1.807) is 0 Å². The van der Waals surface area contributed by atoms with Gasteiger partial charge in [0.1, 0.15) is 0 Å². The van der Waals surface area contributed by atoms with E-state index in [0.717, 1.165) is 13.0 Å². The first-order valence-corrected chi connectivity index (χ1v) is 4.90. The lowest BCUT2D eigenvalue weighted by Gasteiger charge is -2.04. The van der Waals surface area contributed by atoms with Crippen LogP contribution in [0.3, 0.4) is 0 Å². The lowest BCUT2D eigenvalue weighted by molar-refractivity contribution is 0.186. The first-order valence-electron chi connectivity index (χ1n) is 4.38. The molecule has 0 amide bonds. The molecule has 1 unspecified atom stereocenters. The van der Waals surface area contributed by atoms with Crippen LogP contribution in [-0.4, -0.2) is 11.9 Å². The van der Waals surface area contributed by atoms with E-state index in [1.165, 1.54) is 19.3 Å². The summed E-state index contributed by atoms with van der Waals surface area (Å²) in [6.45, 7) is 7.00. The fourth-order valence-corrected chi connectivity index (χ4v) is 0.812. The third kappa shape index (κ3) is 10.3. The third-order valence-corrected chi connectivity index (χ3v) is 1.63. The zero-order valence-electron chi connectivity index (χ0n) is 7.55. The minimum atomic E-state index is 0.418. The molecule has 0 fully saturated rings. The van der Waals surface area contributed by atoms with Gasteiger partial charge in [-0.05, 0) is 12.8 Å². The monoisotopic (exact) mass is 175 g/mol. The Morgan fingerprint density at radius 3 is 2.73 bits per heavy atom. The average Bonchev–Trinajstić information content (AvgIpc) is 1.96. The van der Waals surface area contributed by atoms with E-state index in [0.29, 0.717) is 5.25 Å². The molecule has 0 aliphatic carbocycles. The predicted molar refractivity (Wildman–Crippen MR) is 52.8 cm³/mol. The normalized spacial score (nSPS) is 13.4. The molecule has 67 valence electrons. The Morgan fingerprint density at radius 2 is 2.18 bits per heavy atom. The molecule has 0 spiro atoms. The van der Waals surface area contributed by atoms with Crippen LogP contribution in [0.5, 0.6) is 0 Å². The van der Waals surface area contributed by atoms with Crippen LogP contribution in [0.2, 0.25) is 0 Å². The van der Waals surface area contributed by atoms with Gasteiger partial charge in [0.05, 0.1) is 6.61 Å². The van der Waals surface area contributed by atoms with Crippen LogP contribution in [0.1, 0.15) is 39.5 Å². The summed E-state index contributed by atoms with van der Waals surface area (Å²) in [6, 6.07) is 0. The summed E-state index contributed by atoms with van der Waals surface area (Å²) in [5.41, 5.74) is 0. The van der Waals surface area contributed by atoms with Crippen molar-refractivity contribution in [3.05, 3.63) is 6.61 Å². The van der Waals surface area contributed by atoms with Gasteiger partial charge in [-0.2, -0.15) is 12.6 Å². The maximum atomic E-state index is 5.27. The molecule has 0 aromatic carbocycles. The van der Waals surface area contributed by atoms with Crippen LogP contribution >= 0.6 is 12.6 Å². The van der Waals surface area contributed by atoms with Crippen molar-refractivity contribution in [2.45, 2.75) is 44.8 Å². The molecule has 0 aliphatic rings. The lowest BCUT2D eigenvalue weighted by Crippen LogP contribution is -1.96. The van der Waals surface area contributed by atoms with Crippen LogP contribution < -0.4 is 0 Å². The highest BCUT2D eigenvalue weighted by molar-refractivity contribution is 7.80. The van der Waals surface area contributed by atoms with Gasteiger partial charge in [0.15, 0.2) is 0 Å².